The van der Waals surface area contributed by atoms with Crippen LogP contribution < -0.4 is 10.4 Å². The average Bonchev–Trinajstić information content (AvgIpc) is 2.56. The maximum atomic E-state index is 11.3. The molecule has 1 amide bonds. The molecule has 2 heterocycles. The van der Waals surface area contributed by atoms with Gasteiger partial charge in [-0.15, -0.1) is 0 Å². The van der Waals surface area contributed by atoms with Gasteiger partial charge in [-0.1, -0.05) is 0 Å². The number of aryl methyl sites for hydroxylation is 2. The first-order valence-electron chi connectivity index (χ1n) is 7.98. The van der Waals surface area contributed by atoms with Gasteiger partial charge in [-0.2, -0.15) is 0 Å². The van der Waals surface area contributed by atoms with Crippen molar-refractivity contribution in [3.8, 4) is 0 Å². The number of hydroxylamine groups is 1. The maximum absolute atomic E-state index is 11.3. The third-order valence-corrected chi connectivity index (χ3v) is 4.74. The quantitative estimate of drug-likeness (QED) is 0.671. The highest BCUT2D eigenvalue weighted by atomic mass is 16.5. The number of carbonyl (C=O) groups is 1. The maximum Gasteiger partial charge on any atom is 0.243 e. The number of hydrogen-bond acceptors (Lipinski definition) is 5. The van der Waals surface area contributed by atoms with Gasteiger partial charge in [0.2, 0.25) is 5.91 Å². The fourth-order valence-electron chi connectivity index (χ4n) is 3.21. The van der Waals surface area contributed by atoms with Crippen molar-refractivity contribution in [2.24, 2.45) is 5.92 Å². The molecule has 0 spiro atoms. The number of nitrogens with one attached hydrogen (secondary N) is 1. The molecule has 6 nitrogen and oxygen atoms in total. The molecular formula is C17H22N4O2. The van der Waals surface area contributed by atoms with Gasteiger partial charge in [0.05, 0.1) is 5.52 Å². The first-order chi connectivity index (χ1) is 11.1. The summed E-state index contributed by atoms with van der Waals surface area (Å²) in [4.78, 5) is 22.4. The van der Waals surface area contributed by atoms with E-state index in [4.69, 9.17) is 5.21 Å². The summed E-state index contributed by atoms with van der Waals surface area (Å²) in [5.41, 5.74) is 5.16. The normalized spacial score (nSPS) is 15.9. The zero-order valence-corrected chi connectivity index (χ0v) is 13.5. The van der Waals surface area contributed by atoms with Crippen molar-refractivity contribution in [1.29, 1.82) is 0 Å². The molecule has 0 bridgehead atoms. The Bertz CT molecular complexity index is 724. The van der Waals surface area contributed by atoms with E-state index in [1.165, 1.54) is 11.1 Å². The number of carbonyl (C=O) groups excluding carboxylic acids is 1. The molecule has 0 radical (unpaired) electrons. The zero-order chi connectivity index (χ0) is 16.4. The van der Waals surface area contributed by atoms with Crippen LogP contribution >= 0.6 is 0 Å². The lowest BCUT2D eigenvalue weighted by molar-refractivity contribution is -0.130. The highest BCUT2D eigenvalue weighted by Gasteiger charge is 2.23. The zero-order valence-electron chi connectivity index (χ0n) is 13.5. The minimum Gasteiger partial charge on any atom is -0.356 e. The van der Waals surface area contributed by atoms with Crippen molar-refractivity contribution < 1.29 is 10.0 Å². The number of anilines is 1. The second-order valence-electron chi connectivity index (χ2n) is 6.32. The Kier molecular flexibility index (Phi) is 4.43. The van der Waals surface area contributed by atoms with E-state index in [1.807, 2.05) is 0 Å². The first-order valence-corrected chi connectivity index (χ1v) is 7.98. The number of piperidine rings is 1. The Morgan fingerprint density at radius 1 is 1.26 bits per heavy atom. The molecule has 1 aromatic heterocycles. The summed E-state index contributed by atoms with van der Waals surface area (Å²) in [7, 11) is 0. The van der Waals surface area contributed by atoms with Crippen molar-refractivity contribution in [1.82, 2.24) is 15.4 Å². The molecule has 2 aromatic rings. The van der Waals surface area contributed by atoms with E-state index < -0.39 is 0 Å². The van der Waals surface area contributed by atoms with E-state index in [1.54, 1.807) is 11.8 Å². The second-order valence-corrected chi connectivity index (χ2v) is 6.32. The summed E-state index contributed by atoms with van der Waals surface area (Å²) in [6, 6.07) is 4.26. The Morgan fingerprint density at radius 2 is 1.96 bits per heavy atom. The molecule has 6 heteroatoms. The van der Waals surface area contributed by atoms with E-state index in [0.29, 0.717) is 12.3 Å². The predicted octanol–water partition coefficient (Wildman–Crippen LogP) is 2.36. The minimum absolute atomic E-state index is 0.304. The molecule has 1 aliphatic rings. The lowest BCUT2D eigenvalue weighted by Crippen LogP contribution is -2.36. The summed E-state index contributed by atoms with van der Waals surface area (Å²) in [6.45, 7) is 5.92. The van der Waals surface area contributed by atoms with Crippen molar-refractivity contribution in [3.63, 3.8) is 0 Å². The van der Waals surface area contributed by atoms with Gasteiger partial charge in [0, 0.05) is 24.9 Å². The van der Waals surface area contributed by atoms with Gasteiger partial charge in [0.1, 0.15) is 12.1 Å². The van der Waals surface area contributed by atoms with Crippen LogP contribution in [0.2, 0.25) is 0 Å². The Balaban J connectivity index is 1.80. The summed E-state index contributed by atoms with van der Waals surface area (Å²) in [5.74, 6) is 0.987. The number of amides is 1. The minimum atomic E-state index is -0.304. The topological polar surface area (TPSA) is 78.4 Å². The average molecular weight is 314 g/mol. The molecule has 1 saturated heterocycles. The van der Waals surface area contributed by atoms with Crippen LogP contribution in [0.25, 0.3) is 10.9 Å². The molecule has 3 rings (SSSR count). The second kappa shape index (κ2) is 6.50. The van der Waals surface area contributed by atoms with E-state index in [0.717, 1.165) is 42.7 Å². The third-order valence-electron chi connectivity index (χ3n) is 4.74. The van der Waals surface area contributed by atoms with E-state index in [9.17, 15) is 4.79 Å². The van der Waals surface area contributed by atoms with Gasteiger partial charge in [-0.25, -0.2) is 15.4 Å². The molecule has 1 fully saturated rings. The number of fused-ring (bicyclic) bond motifs is 1. The van der Waals surface area contributed by atoms with E-state index in [2.05, 4.69) is 40.8 Å². The largest absolute Gasteiger partial charge is 0.356 e. The van der Waals surface area contributed by atoms with Crippen LogP contribution in [0.15, 0.2) is 18.5 Å². The molecule has 23 heavy (non-hydrogen) atoms. The summed E-state index contributed by atoms with van der Waals surface area (Å²) < 4.78 is 0. The molecule has 1 aliphatic heterocycles. The number of nitrogens with zero attached hydrogens (tertiary/aromatic N) is 3. The number of rotatable bonds is 3. The van der Waals surface area contributed by atoms with Crippen molar-refractivity contribution in [2.75, 3.05) is 18.0 Å². The molecule has 0 atom stereocenters. The SMILES string of the molecule is Cc1cc2ncnc(N3CCC(CC(=O)NO)CC3)c2cc1C. The van der Waals surface area contributed by atoms with Crippen LogP contribution in [0, 0.1) is 19.8 Å². The Morgan fingerprint density at radius 3 is 2.65 bits per heavy atom. The number of aromatic nitrogens is 2. The fraction of sp³-hybridized carbons (Fsp3) is 0.471. The molecule has 1 aromatic carbocycles. The van der Waals surface area contributed by atoms with Crippen molar-refractivity contribution >= 4 is 22.6 Å². The van der Waals surface area contributed by atoms with Gasteiger partial charge >= 0.3 is 0 Å². The lowest BCUT2D eigenvalue weighted by Gasteiger charge is -2.33. The smallest absolute Gasteiger partial charge is 0.243 e. The molecular weight excluding hydrogens is 292 g/mol. The molecule has 2 N–H and O–H groups in total. The predicted molar refractivity (Wildman–Crippen MR) is 88.5 cm³/mol. The Labute approximate surface area is 135 Å². The highest BCUT2D eigenvalue weighted by molar-refractivity contribution is 5.90. The number of hydrogen-bond donors (Lipinski definition) is 2. The van der Waals surface area contributed by atoms with Crippen LogP contribution in [-0.2, 0) is 4.79 Å². The molecule has 0 saturated carbocycles. The number of benzene rings is 1. The standard InChI is InChI=1S/C17H22N4O2/c1-11-7-14-15(8-12(11)2)18-10-19-17(14)21-5-3-13(4-6-21)9-16(22)20-23/h7-8,10,13,23H,3-6,9H2,1-2H3,(H,20,22). The van der Waals surface area contributed by atoms with Crippen LogP contribution in [-0.4, -0.2) is 34.2 Å². The van der Waals surface area contributed by atoms with Crippen LogP contribution in [0.3, 0.4) is 0 Å². The van der Waals surface area contributed by atoms with Crippen LogP contribution in [0.5, 0.6) is 0 Å². The molecule has 122 valence electrons. The van der Waals surface area contributed by atoms with Gasteiger partial charge in [0.25, 0.3) is 0 Å². The van der Waals surface area contributed by atoms with Crippen LogP contribution in [0.1, 0.15) is 30.4 Å². The van der Waals surface area contributed by atoms with Gasteiger partial charge in [0.15, 0.2) is 0 Å². The van der Waals surface area contributed by atoms with Gasteiger partial charge < -0.3 is 4.90 Å². The summed E-state index contributed by atoms with van der Waals surface area (Å²) in [6.07, 6.45) is 3.85. The molecule has 0 aliphatic carbocycles. The Hall–Kier alpha value is -2.21. The van der Waals surface area contributed by atoms with E-state index >= 15 is 0 Å². The van der Waals surface area contributed by atoms with Crippen molar-refractivity contribution in [2.45, 2.75) is 33.1 Å². The summed E-state index contributed by atoms with van der Waals surface area (Å²) in [5, 5.41) is 9.72. The third kappa shape index (κ3) is 3.27. The fourth-order valence-corrected chi connectivity index (χ4v) is 3.21. The lowest BCUT2D eigenvalue weighted by atomic mass is 9.93. The molecule has 0 unspecified atom stereocenters. The van der Waals surface area contributed by atoms with Crippen molar-refractivity contribution in [3.05, 3.63) is 29.6 Å². The summed E-state index contributed by atoms with van der Waals surface area (Å²) >= 11 is 0. The highest BCUT2D eigenvalue weighted by Crippen LogP contribution is 2.29. The van der Waals surface area contributed by atoms with Gasteiger partial charge in [-0.3, -0.25) is 10.0 Å². The monoisotopic (exact) mass is 314 g/mol. The first kappa shape index (κ1) is 15.7. The van der Waals surface area contributed by atoms with E-state index in [-0.39, 0.29) is 5.91 Å². The van der Waals surface area contributed by atoms with Gasteiger partial charge in [-0.05, 0) is 55.9 Å². The van der Waals surface area contributed by atoms with Crippen LogP contribution in [0.4, 0.5) is 5.82 Å².